The number of nitrogens with one attached hydrogen (secondary N) is 3. The summed E-state index contributed by atoms with van der Waals surface area (Å²) in [6.45, 7) is 13.7. The van der Waals surface area contributed by atoms with Crippen LogP contribution in [0, 0.1) is 39.4 Å². The highest BCUT2D eigenvalue weighted by Crippen LogP contribution is 2.76. The second-order valence-electron chi connectivity index (χ2n) is 23.6. The standard InChI is InChI=1S/C53H74N4O3/c1-4-18-47-27-51(40-9-7-6-8-10-40)33-52(28-47,35-53(29-47,34-51)46(59)56-44-26-57-20-16-39(44)17-21-57)42-13-11-41(12-14-42)49-23-38-22-48(30-49,36-60-5-2)31-50(24-38,32-49)45(58)55-43-15-19-54-25-37(43)3/h6-14,37-39,43-44,54H,4-5,15-36H2,1-3H3,(H,55,58)(H,56,59)/t37?,38?,43?,44-,47+,48+,49-,50?,51+,52?,53?/m1/s1. The first-order valence-electron chi connectivity index (χ1n) is 24.8. The van der Waals surface area contributed by atoms with Gasteiger partial charge in [-0.25, -0.2) is 0 Å². The molecule has 12 fully saturated rings. The molecule has 324 valence electrons. The molecule has 2 amide bonds. The Morgan fingerprint density at radius 1 is 0.700 bits per heavy atom. The minimum Gasteiger partial charge on any atom is -0.381 e. The zero-order chi connectivity index (χ0) is 41.0. The van der Waals surface area contributed by atoms with Crippen molar-refractivity contribution in [3.63, 3.8) is 0 Å². The van der Waals surface area contributed by atoms with Crippen LogP contribution in [-0.2, 0) is 30.6 Å². The quantitative estimate of drug-likeness (QED) is 0.200. The van der Waals surface area contributed by atoms with E-state index in [0.717, 1.165) is 97.1 Å². The van der Waals surface area contributed by atoms with Crippen molar-refractivity contribution < 1.29 is 14.3 Å². The van der Waals surface area contributed by atoms with Gasteiger partial charge in [-0.1, -0.05) is 74.9 Å². The Morgan fingerprint density at radius 3 is 2.00 bits per heavy atom. The molecule has 7 heteroatoms. The highest BCUT2D eigenvalue weighted by molar-refractivity contribution is 5.85. The van der Waals surface area contributed by atoms with Crippen LogP contribution in [0.4, 0.5) is 0 Å². The monoisotopic (exact) mass is 815 g/mol. The third-order valence-electron chi connectivity index (χ3n) is 19.3. The van der Waals surface area contributed by atoms with Crippen molar-refractivity contribution in [2.24, 2.45) is 39.4 Å². The lowest BCUT2D eigenvalue weighted by atomic mass is 9.33. The van der Waals surface area contributed by atoms with E-state index in [9.17, 15) is 4.79 Å². The maximum Gasteiger partial charge on any atom is 0.226 e. The average Bonchev–Trinajstić information content (AvgIpc) is 3.24. The molecule has 8 aliphatic carbocycles. The Bertz CT molecular complexity index is 1960. The van der Waals surface area contributed by atoms with Crippen LogP contribution in [0.5, 0.6) is 0 Å². The highest BCUT2D eigenvalue weighted by atomic mass is 16.5. The van der Waals surface area contributed by atoms with Crippen molar-refractivity contribution >= 4 is 11.8 Å². The third-order valence-corrected chi connectivity index (χ3v) is 19.3. The Morgan fingerprint density at radius 2 is 1.33 bits per heavy atom. The molecule has 60 heavy (non-hydrogen) atoms. The molecule has 14 rings (SSSR count). The van der Waals surface area contributed by atoms with Gasteiger partial charge < -0.3 is 25.6 Å². The topological polar surface area (TPSA) is 82.7 Å². The van der Waals surface area contributed by atoms with Gasteiger partial charge in [-0.15, -0.1) is 0 Å². The molecule has 0 radical (unpaired) electrons. The predicted molar refractivity (Wildman–Crippen MR) is 238 cm³/mol. The lowest BCUT2D eigenvalue weighted by molar-refractivity contribution is -0.173. The third kappa shape index (κ3) is 6.33. The maximum absolute atomic E-state index is 15.3. The molecule has 4 aliphatic heterocycles. The fraction of sp³-hybridized carbons (Fsp3) is 0.736. The second-order valence-corrected chi connectivity index (χ2v) is 23.6. The molecular formula is C53H74N4O3. The van der Waals surface area contributed by atoms with Crippen LogP contribution in [0.15, 0.2) is 54.6 Å². The van der Waals surface area contributed by atoms with E-state index < -0.39 is 0 Å². The number of piperidine rings is 4. The molecule has 4 heterocycles. The first kappa shape index (κ1) is 40.1. The van der Waals surface area contributed by atoms with Crippen molar-refractivity contribution in [3.8, 4) is 0 Å². The summed E-state index contributed by atoms with van der Waals surface area (Å²) in [4.78, 5) is 32.7. The number of carbonyl (C=O) groups is 2. The molecule has 11 atom stereocenters. The number of rotatable bonds is 12. The van der Waals surface area contributed by atoms with E-state index in [1.165, 1.54) is 74.7 Å². The Kier molecular flexibility index (Phi) is 9.61. The number of benzene rings is 2. The van der Waals surface area contributed by atoms with Crippen LogP contribution >= 0.6 is 0 Å². The smallest absolute Gasteiger partial charge is 0.226 e. The van der Waals surface area contributed by atoms with Gasteiger partial charge in [-0.3, -0.25) is 9.59 Å². The number of nitrogens with zero attached hydrogens (tertiary/aromatic N) is 1. The van der Waals surface area contributed by atoms with Crippen molar-refractivity contribution in [2.45, 2.75) is 158 Å². The zero-order valence-electron chi connectivity index (χ0n) is 37.2. The van der Waals surface area contributed by atoms with Gasteiger partial charge >= 0.3 is 0 Å². The summed E-state index contributed by atoms with van der Waals surface area (Å²) in [7, 11) is 0. The highest BCUT2D eigenvalue weighted by Gasteiger charge is 2.71. The van der Waals surface area contributed by atoms with Gasteiger partial charge in [0.2, 0.25) is 11.8 Å². The number of amides is 2. The molecule has 7 nitrogen and oxygen atoms in total. The fourth-order valence-corrected chi connectivity index (χ4v) is 18.2. The number of hydrogen-bond donors (Lipinski definition) is 3. The summed E-state index contributed by atoms with van der Waals surface area (Å²) in [5.41, 5.74) is 3.82. The fourth-order valence-electron chi connectivity index (χ4n) is 18.2. The molecule has 4 saturated heterocycles. The van der Waals surface area contributed by atoms with Gasteiger partial charge in [0.05, 0.1) is 17.4 Å². The minimum absolute atomic E-state index is 0.00647. The van der Waals surface area contributed by atoms with Crippen molar-refractivity contribution in [2.75, 3.05) is 45.9 Å². The van der Waals surface area contributed by atoms with Crippen LogP contribution in [0.3, 0.4) is 0 Å². The van der Waals surface area contributed by atoms with E-state index in [2.05, 4.69) is 96.2 Å². The molecule has 2 aromatic rings. The first-order chi connectivity index (χ1) is 29.0. The van der Waals surface area contributed by atoms with E-state index in [0.29, 0.717) is 29.6 Å². The van der Waals surface area contributed by atoms with Crippen molar-refractivity contribution in [1.29, 1.82) is 0 Å². The zero-order valence-corrected chi connectivity index (χ0v) is 37.2. The first-order valence-corrected chi connectivity index (χ1v) is 24.8. The summed E-state index contributed by atoms with van der Waals surface area (Å²) in [5, 5.41) is 11.0. The number of ether oxygens (including phenoxy) is 1. The average molecular weight is 815 g/mol. The normalized spacial score (nSPS) is 45.8. The molecule has 0 spiro atoms. The summed E-state index contributed by atoms with van der Waals surface area (Å²) < 4.78 is 6.34. The van der Waals surface area contributed by atoms with Crippen LogP contribution in [0.1, 0.15) is 147 Å². The predicted octanol–water partition coefficient (Wildman–Crippen LogP) is 8.59. The lowest BCUT2D eigenvalue weighted by Crippen LogP contribution is -2.69. The van der Waals surface area contributed by atoms with Gasteiger partial charge in [-0.2, -0.15) is 0 Å². The van der Waals surface area contributed by atoms with Gasteiger partial charge in [0.1, 0.15) is 0 Å². The van der Waals surface area contributed by atoms with E-state index in [1.807, 2.05) is 0 Å². The van der Waals surface area contributed by atoms with E-state index in [4.69, 9.17) is 4.74 Å². The second kappa shape index (κ2) is 14.4. The van der Waals surface area contributed by atoms with Crippen LogP contribution < -0.4 is 16.0 Å². The van der Waals surface area contributed by atoms with Crippen LogP contribution in [-0.4, -0.2) is 74.7 Å². The minimum atomic E-state index is -0.359. The number of carbonyl (C=O) groups excluding carboxylic acids is 2. The Hall–Kier alpha value is -2.74. The van der Waals surface area contributed by atoms with Crippen LogP contribution in [0.2, 0.25) is 0 Å². The summed E-state index contributed by atoms with van der Waals surface area (Å²) in [6, 6.07) is 22.1. The molecular weight excluding hydrogens is 741 g/mol. The van der Waals surface area contributed by atoms with Gasteiger partial charge in [0.15, 0.2) is 0 Å². The van der Waals surface area contributed by atoms with Crippen LogP contribution in [0.25, 0.3) is 0 Å². The van der Waals surface area contributed by atoms with Gasteiger partial charge in [0, 0.05) is 25.2 Å². The summed E-state index contributed by atoms with van der Waals surface area (Å²) >= 11 is 0. The maximum atomic E-state index is 15.3. The molecule has 8 saturated carbocycles. The Balaban J connectivity index is 0.953. The SMILES string of the molecule is CCC[C@@]12CC3(C(=O)N[C@@H]4CN5CCC4CC5)CC(c4ccc([C@]56CC7CC(C(=O)NC8CCNCC8C)(C[C@](COCC)(C7)C5)C6)cc4)(C1)C[C@](c1ccccc1)(C3)C2. The lowest BCUT2D eigenvalue weighted by Gasteiger charge is -2.71. The van der Waals surface area contributed by atoms with Gasteiger partial charge in [0.25, 0.3) is 0 Å². The number of hydrogen-bond acceptors (Lipinski definition) is 5. The molecule has 12 aliphatic rings. The van der Waals surface area contributed by atoms with Crippen molar-refractivity contribution in [1.82, 2.24) is 20.9 Å². The van der Waals surface area contributed by atoms with Gasteiger partial charge in [-0.05, 0) is 197 Å². The molecule has 3 N–H and O–H groups in total. The molecule has 0 aromatic heterocycles. The van der Waals surface area contributed by atoms with Crippen molar-refractivity contribution in [3.05, 3.63) is 71.3 Å². The Labute approximate surface area is 360 Å². The molecule has 2 aromatic carbocycles. The van der Waals surface area contributed by atoms with E-state index in [-0.39, 0.29) is 50.0 Å². The van der Waals surface area contributed by atoms with E-state index >= 15 is 4.79 Å². The van der Waals surface area contributed by atoms with E-state index in [1.54, 1.807) is 0 Å². The largest absolute Gasteiger partial charge is 0.381 e. The summed E-state index contributed by atoms with van der Waals surface area (Å²) in [5.74, 6) is 2.32. The molecule has 6 unspecified atom stereocenters. The summed E-state index contributed by atoms with van der Waals surface area (Å²) in [6.07, 6.45) is 18.8. The number of fused-ring (bicyclic) bond motifs is 3. The molecule has 10 bridgehead atoms.